The van der Waals surface area contributed by atoms with E-state index in [0.29, 0.717) is 17.9 Å². The molecule has 0 spiro atoms. The number of nitrogens with zero attached hydrogens (tertiary/aromatic N) is 3. The van der Waals surface area contributed by atoms with Gasteiger partial charge in [-0.1, -0.05) is 30.3 Å². The summed E-state index contributed by atoms with van der Waals surface area (Å²) in [5, 5.41) is 4.47. The molecule has 1 aromatic heterocycles. The first-order chi connectivity index (χ1) is 11.6. The third-order valence-corrected chi connectivity index (χ3v) is 4.66. The summed E-state index contributed by atoms with van der Waals surface area (Å²) >= 11 is 0. The smallest absolute Gasteiger partial charge is 0.223 e. The fourth-order valence-corrected chi connectivity index (χ4v) is 3.22. The first-order valence-corrected chi connectivity index (χ1v) is 8.49. The number of aromatic nitrogens is 2. The third kappa shape index (κ3) is 3.91. The summed E-state index contributed by atoms with van der Waals surface area (Å²) in [7, 11) is 1.92. The van der Waals surface area contributed by atoms with E-state index in [1.165, 1.54) is 0 Å². The molecular formula is C19H23N3O2. The Morgan fingerprint density at radius 3 is 2.42 bits per heavy atom. The van der Waals surface area contributed by atoms with Crippen LogP contribution >= 0.6 is 0 Å². The third-order valence-electron chi connectivity index (χ3n) is 4.66. The highest BCUT2D eigenvalue weighted by Gasteiger charge is 2.25. The Hall–Kier alpha value is -2.43. The van der Waals surface area contributed by atoms with Gasteiger partial charge in [0.15, 0.2) is 5.78 Å². The standard InChI is InChI=1S/C19H23N3O2/c1-21-12-11-17(20-21)15-9-13-22(14-10-15)19(24)8-7-18(23)16-5-3-2-4-6-16/h2-6,11-12,15H,7-10,13-14H2,1H3. The number of hydrogen-bond acceptors (Lipinski definition) is 3. The molecule has 1 aliphatic rings. The van der Waals surface area contributed by atoms with E-state index in [4.69, 9.17) is 0 Å². The van der Waals surface area contributed by atoms with Gasteiger partial charge in [0.2, 0.25) is 5.91 Å². The minimum atomic E-state index is 0.0346. The molecule has 3 rings (SSSR count). The van der Waals surface area contributed by atoms with Crippen molar-refractivity contribution in [2.45, 2.75) is 31.6 Å². The van der Waals surface area contributed by atoms with Gasteiger partial charge >= 0.3 is 0 Å². The number of hydrogen-bond donors (Lipinski definition) is 0. The molecule has 0 radical (unpaired) electrons. The van der Waals surface area contributed by atoms with E-state index in [1.54, 1.807) is 12.1 Å². The Bertz CT molecular complexity index is 700. The summed E-state index contributed by atoms with van der Waals surface area (Å²) in [5.41, 5.74) is 1.79. The summed E-state index contributed by atoms with van der Waals surface area (Å²) in [6.07, 6.45) is 4.41. The molecule has 1 fully saturated rings. The molecule has 1 amide bonds. The summed E-state index contributed by atoms with van der Waals surface area (Å²) < 4.78 is 1.82. The molecule has 1 aliphatic heterocycles. The minimum absolute atomic E-state index is 0.0346. The molecule has 0 saturated carbocycles. The lowest BCUT2D eigenvalue weighted by molar-refractivity contribution is -0.132. The molecular weight excluding hydrogens is 302 g/mol. The van der Waals surface area contributed by atoms with E-state index < -0.39 is 0 Å². The maximum atomic E-state index is 12.3. The number of likely N-dealkylation sites (tertiary alicyclic amines) is 1. The largest absolute Gasteiger partial charge is 0.343 e. The van der Waals surface area contributed by atoms with E-state index >= 15 is 0 Å². The molecule has 2 aromatic rings. The van der Waals surface area contributed by atoms with Crippen LogP contribution in [0.5, 0.6) is 0 Å². The highest BCUT2D eigenvalue weighted by Crippen LogP contribution is 2.27. The Morgan fingerprint density at radius 2 is 1.79 bits per heavy atom. The number of benzene rings is 1. The van der Waals surface area contributed by atoms with Crippen LogP contribution in [0.4, 0.5) is 0 Å². The van der Waals surface area contributed by atoms with Crippen molar-refractivity contribution in [3.63, 3.8) is 0 Å². The summed E-state index contributed by atoms with van der Waals surface area (Å²) in [6.45, 7) is 1.50. The predicted molar refractivity (Wildman–Crippen MR) is 91.8 cm³/mol. The van der Waals surface area contributed by atoms with E-state index in [0.717, 1.165) is 31.6 Å². The van der Waals surface area contributed by atoms with Gasteiger partial charge in [-0.2, -0.15) is 5.10 Å². The maximum Gasteiger partial charge on any atom is 0.223 e. The zero-order valence-corrected chi connectivity index (χ0v) is 14.0. The molecule has 0 atom stereocenters. The maximum absolute atomic E-state index is 12.3. The van der Waals surface area contributed by atoms with Crippen LogP contribution < -0.4 is 0 Å². The van der Waals surface area contributed by atoms with Gasteiger partial charge in [0.25, 0.3) is 0 Å². The van der Waals surface area contributed by atoms with Gasteiger partial charge in [-0.3, -0.25) is 14.3 Å². The van der Waals surface area contributed by atoms with E-state index in [9.17, 15) is 9.59 Å². The lowest BCUT2D eigenvalue weighted by Crippen LogP contribution is -2.38. The quantitative estimate of drug-likeness (QED) is 0.794. The first kappa shape index (κ1) is 16.4. The first-order valence-electron chi connectivity index (χ1n) is 8.49. The van der Waals surface area contributed by atoms with Gasteiger partial charge < -0.3 is 4.90 Å². The number of piperidine rings is 1. The number of rotatable bonds is 5. The number of ketones is 1. The van der Waals surface area contributed by atoms with Crippen molar-refractivity contribution >= 4 is 11.7 Å². The second kappa shape index (κ2) is 7.43. The van der Waals surface area contributed by atoms with Gasteiger partial charge in [0.1, 0.15) is 0 Å². The monoisotopic (exact) mass is 325 g/mol. The van der Waals surface area contributed by atoms with Crippen molar-refractivity contribution < 1.29 is 9.59 Å². The van der Waals surface area contributed by atoms with Crippen LogP contribution in [0.25, 0.3) is 0 Å². The number of carbonyl (C=O) groups is 2. The predicted octanol–water partition coefficient (Wildman–Crippen LogP) is 2.79. The Balaban J connectivity index is 1.46. The summed E-state index contributed by atoms with van der Waals surface area (Å²) in [4.78, 5) is 26.3. The average molecular weight is 325 g/mol. The van der Waals surface area contributed by atoms with E-state index in [2.05, 4.69) is 11.2 Å². The molecule has 5 nitrogen and oxygen atoms in total. The van der Waals surface area contributed by atoms with Gasteiger partial charge in [-0.05, 0) is 18.9 Å². The van der Waals surface area contributed by atoms with Crippen LogP contribution in [-0.4, -0.2) is 39.5 Å². The highest BCUT2D eigenvalue weighted by molar-refractivity contribution is 5.97. The summed E-state index contributed by atoms with van der Waals surface area (Å²) in [6, 6.07) is 11.2. The lowest BCUT2D eigenvalue weighted by atomic mass is 9.93. The van der Waals surface area contributed by atoms with Crippen molar-refractivity contribution in [2.24, 2.45) is 7.05 Å². The van der Waals surface area contributed by atoms with Crippen LogP contribution in [0.1, 0.15) is 47.7 Å². The Labute approximate surface area is 142 Å². The molecule has 0 aliphatic carbocycles. The molecule has 5 heteroatoms. The fraction of sp³-hybridized carbons (Fsp3) is 0.421. The molecule has 0 N–H and O–H groups in total. The molecule has 24 heavy (non-hydrogen) atoms. The number of aryl methyl sites for hydroxylation is 1. The number of carbonyl (C=O) groups excluding carboxylic acids is 2. The van der Waals surface area contributed by atoms with E-state index in [-0.39, 0.29) is 18.1 Å². The average Bonchev–Trinajstić information content (AvgIpc) is 3.06. The zero-order valence-electron chi connectivity index (χ0n) is 14.0. The van der Waals surface area contributed by atoms with Crippen molar-refractivity contribution in [3.05, 3.63) is 53.9 Å². The SMILES string of the molecule is Cn1ccc(C2CCN(C(=O)CCC(=O)c3ccccc3)CC2)n1. The molecule has 126 valence electrons. The highest BCUT2D eigenvalue weighted by atomic mass is 16.2. The van der Waals surface area contributed by atoms with Crippen molar-refractivity contribution in [1.29, 1.82) is 0 Å². The van der Waals surface area contributed by atoms with Crippen molar-refractivity contribution in [1.82, 2.24) is 14.7 Å². The topological polar surface area (TPSA) is 55.2 Å². The lowest BCUT2D eigenvalue weighted by Gasteiger charge is -2.31. The van der Waals surface area contributed by atoms with Crippen LogP contribution in [-0.2, 0) is 11.8 Å². The fourth-order valence-electron chi connectivity index (χ4n) is 3.22. The van der Waals surface area contributed by atoms with Crippen LogP contribution in [0.2, 0.25) is 0 Å². The van der Waals surface area contributed by atoms with Gasteiger partial charge in [0.05, 0.1) is 5.69 Å². The number of Topliss-reactive ketones (excluding diaryl/α,β-unsaturated/α-hetero) is 1. The zero-order chi connectivity index (χ0) is 16.9. The van der Waals surface area contributed by atoms with Crippen molar-refractivity contribution in [3.8, 4) is 0 Å². The van der Waals surface area contributed by atoms with Gasteiger partial charge in [-0.15, -0.1) is 0 Å². The Morgan fingerprint density at radius 1 is 1.08 bits per heavy atom. The molecule has 0 bridgehead atoms. The van der Waals surface area contributed by atoms with Crippen molar-refractivity contribution in [2.75, 3.05) is 13.1 Å². The van der Waals surface area contributed by atoms with Gasteiger partial charge in [0, 0.05) is 50.7 Å². The second-order valence-electron chi connectivity index (χ2n) is 6.36. The molecule has 2 heterocycles. The van der Waals surface area contributed by atoms with Crippen LogP contribution in [0, 0.1) is 0 Å². The second-order valence-corrected chi connectivity index (χ2v) is 6.36. The minimum Gasteiger partial charge on any atom is -0.343 e. The number of amides is 1. The normalized spacial score (nSPS) is 15.5. The van der Waals surface area contributed by atoms with E-state index in [1.807, 2.05) is 41.0 Å². The molecule has 0 unspecified atom stereocenters. The van der Waals surface area contributed by atoms with Gasteiger partial charge in [-0.25, -0.2) is 0 Å². The van der Waals surface area contributed by atoms with Crippen LogP contribution in [0.15, 0.2) is 42.6 Å². The summed E-state index contributed by atoms with van der Waals surface area (Å²) in [5.74, 6) is 0.548. The molecule has 1 saturated heterocycles. The van der Waals surface area contributed by atoms with Crippen LogP contribution in [0.3, 0.4) is 0 Å². The molecule has 1 aromatic carbocycles. The Kier molecular flexibility index (Phi) is 5.08.